The summed E-state index contributed by atoms with van der Waals surface area (Å²) >= 11 is 6.30. The van der Waals surface area contributed by atoms with Crippen molar-refractivity contribution in [3.05, 3.63) is 63.6 Å². The van der Waals surface area contributed by atoms with Crippen LogP contribution in [-0.2, 0) is 13.1 Å². The van der Waals surface area contributed by atoms with Crippen LogP contribution in [0.25, 0.3) is 10.9 Å². The Kier molecular flexibility index (Phi) is 7.24. The van der Waals surface area contributed by atoms with Crippen LogP contribution in [0.1, 0.15) is 40.0 Å². The van der Waals surface area contributed by atoms with Gasteiger partial charge in [-0.2, -0.15) is 0 Å². The number of halogens is 2. The van der Waals surface area contributed by atoms with E-state index in [4.69, 9.17) is 11.6 Å². The SMILES string of the molecule is Cc1c(C)n(CC2CC2)c2c(NCc3ccc(F)cc3Cl)cc(C(=O)N3CCN(CCO)CC3)cc12. The molecule has 1 aliphatic carbocycles. The van der Waals surface area contributed by atoms with Crippen LogP contribution < -0.4 is 5.32 Å². The molecule has 5 rings (SSSR count). The lowest BCUT2D eigenvalue weighted by Gasteiger charge is -2.34. The van der Waals surface area contributed by atoms with Gasteiger partial charge in [0.15, 0.2) is 0 Å². The summed E-state index contributed by atoms with van der Waals surface area (Å²) in [6, 6.07) is 8.44. The second-order valence-electron chi connectivity index (χ2n) is 10.1. The largest absolute Gasteiger partial charge is 0.395 e. The van der Waals surface area contributed by atoms with Crippen molar-refractivity contribution in [3.8, 4) is 0 Å². The third-order valence-corrected chi connectivity index (χ3v) is 8.03. The number of benzene rings is 2. The van der Waals surface area contributed by atoms with Crippen molar-refractivity contribution in [2.75, 3.05) is 44.6 Å². The number of amides is 1. The number of piperazine rings is 1. The highest BCUT2D eigenvalue weighted by Gasteiger charge is 2.27. The summed E-state index contributed by atoms with van der Waals surface area (Å²) in [6.07, 6.45) is 2.51. The van der Waals surface area contributed by atoms with E-state index in [9.17, 15) is 14.3 Å². The number of aliphatic hydroxyl groups excluding tert-OH is 1. The maximum Gasteiger partial charge on any atom is 0.254 e. The topological polar surface area (TPSA) is 60.7 Å². The monoisotopic (exact) mass is 512 g/mol. The van der Waals surface area contributed by atoms with Crippen molar-refractivity contribution in [2.24, 2.45) is 5.92 Å². The minimum atomic E-state index is -0.359. The Balaban J connectivity index is 1.49. The van der Waals surface area contributed by atoms with Gasteiger partial charge in [0.1, 0.15) is 5.82 Å². The van der Waals surface area contributed by atoms with E-state index >= 15 is 0 Å². The lowest BCUT2D eigenvalue weighted by molar-refractivity contribution is 0.0615. The molecule has 2 N–H and O–H groups in total. The number of carbonyl (C=O) groups excluding carboxylic acids is 1. The molecule has 0 atom stereocenters. The number of aromatic nitrogens is 1. The van der Waals surface area contributed by atoms with Gasteiger partial charge in [-0.15, -0.1) is 0 Å². The van der Waals surface area contributed by atoms with Crippen molar-refractivity contribution in [3.63, 3.8) is 0 Å². The van der Waals surface area contributed by atoms with Crippen molar-refractivity contribution in [1.29, 1.82) is 0 Å². The standard InChI is InChI=1S/C28H34ClFN4O2/c1-18-19(2)34(17-20-3-4-20)27-24(18)13-22(28(36)33-9-7-32(8-10-33)11-12-35)14-26(27)31-16-21-5-6-23(30)15-25(21)29/h5-6,13-15,20,31,35H,3-4,7-12,16-17H2,1-2H3. The number of anilines is 1. The Morgan fingerprint density at radius 1 is 1.14 bits per heavy atom. The van der Waals surface area contributed by atoms with Gasteiger partial charge in [-0.3, -0.25) is 9.69 Å². The fourth-order valence-electron chi connectivity index (χ4n) is 5.18. The van der Waals surface area contributed by atoms with Crippen molar-refractivity contribution in [2.45, 2.75) is 39.8 Å². The first-order valence-electron chi connectivity index (χ1n) is 12.8. The lowest BCUT2D eigenvalue weighted by Crippen LogP contribution is -2.49. The fourth-order valence-corrected chi connectivity index (χ4v) is 5.41. The first-order valence-corrected chi connectivity index (χ1v) is 13.2. The molecule has 2 aromatic carbocycles. The van der Waals surface area contributed by atoms with Crippen molar-refractivity contribution >= 4 is 34.1 Å². The molecule has 0 bridgehead atoms. The van der Waals surface area contributed by atoms with Gasteiger partial charge in [0, 0.05) is 67.5 Å². The van der Waals surface area contributed by atoms with Crippen molar-refractivity contribution in [1.82, 2.24) is 14.4 Å². The van der Waals surface area contributed by atoms with Gasteiger partial charge < -0.3 is 19.9 Å². The van der Waals surface area contributed by atoms with Crippen LogP contribution in [-0.4, -0.2) is 64.7 Å². The molecule has 36 heavy (non-hydrogen) atoms. The number of aryl methyl sites for hydroxylation is 1. The minimum Gasteiger partial charge on any atom is -0.395 e. The predicted molar refractivity (Wildman–Crippen MR) is 142 cm³/mol. The summed E-state index contributed by atoms with van der Waals surface area (Å²) in [7, 11) is 0. The molecule has 0 radical (unpaired) electrons. The van der Waals surface area contributed by atoms with Crippen LogP contribution in [0.5, 0.6) is 0 Å². The number of aliphatic hydroxyl groups is 1. The summed E-state index contributed by atoms with van der Waals surface area (Å²) in [5, 5.41) is 14.2. The van der Waals surface area contributed by atoms with E-state index in [0.29, 0.717) is 42.7 Å². The average molecular weight is 513 g/mol. The molecule has 192 valence electrons. The number of nitrogens with one attached hydrogen (secondary N) is 1. The molecule has 6 nitrogen and oxygen atoms in total. The van der Waals surface area contributed by atoms with Gasteiger partial charge in [-0.25, -0.2) is 4.39 Å². The summed E-state index contributed by atoms with van der Waals surface area (Å²) in [6.45, 7) is 9.27. The number of carbonyl (C=O) groups is 1. The van der Waals surface area contributed by atoms with Gasteiger partial charge in [0.05, 0.1) is 17.8 Å². The van der Waals surface area contributed by atoms with E-state index < -0.39 is 0 Å². The summed E-state index contributed by atoms with van der Waals surface area (Å²) in [5.74, 6) is 0.368. The first kappa shape index (κ1) is 25.1. The van der Waals surface area contributed by atoms with Gasteiger partial charge in [0.25, 0.3) is 5.91 Å². The van der Waals surface area contributed by atoms with Crippen LogP contribution >= 0.6 is 11.6 Å². The number of rotatable bonds is 8. The maximum atomic E-state index is 13.6. The summed E-state index contributed by atoms with van der Waals surface area (Å²) in [5.41, 5.74) is 5.89. The molecule has 1 aromatic heterocycles. The van der Waals surface area contributed by atoms with E-state index in [-0.39, 0.29) is 18.3 Å². The number of hydrogen-bond donors (Lipinski definition) is 2. The second kappa shape index (κ2) is 10.4. The Labute approximate surface area is 216 Å². The molecule has 1 amide bonds. The zero-order valence-corrected chi connectivity index (χ0v) is 21.7. The van der Waals surface area contributed by atoms with Gasteiger partial charge in [-0.05, 0) is 68.0 Å². The number of fused-ring (bicyclic) bond motifs is 1. The fraction of sp³-hybridized carbons (Fsp3) is 0.464. The molecule has 0 spiro atoms. The molecule has 2 fully saturated rings. The Bertz CT molecular complexity index is 1280. The average Bonchev–Trinajstić information content (AvgIpc) is 3.66. The third-order valence-electron chi connectivity index (χ3n) is 7.68. The minimum absolute atomic E-state index is 0.0235. The van der Waals surface area contributed by atoms with Crippen LogP contribution in [0.15, 0.2) is 30.3 Å². The number of nitrogens with zero attached hydrogens (tertiary/aromatic N) is 3. The molecule has 1 aliphatic heterocycles. The molecule has 0 unspecified atom stereocenters. The molecule has 2 heterocycles. The van der Waals surface area contributed by atoms with Crippen LogP contribution in [0.3, 0.4) is 0 Å². The van der Waals surface area contributed by atoms with E-state index in [1.165, 1.54) is 36.2 Å². The molecule has 1 saturated heterocycles. The summed E-state index contributed by atoms with van der Waals surface area (Å²) < 4.78 is 16.0. The smallest absolute Gasteiger partial charge is 0.254 e. The Hall–Kier alpha value is -2.61. The van der Waals surface area contributed by atoms with E-state index in [1.54, 1.807) is 6.07 Å². The highest BCUT2D eigenvalue weighted by molar-refractivity contribution is 6.31. The maximum absolute atomic E-state index is 13.6. The zero-order valence-electron chi connectivity index (χ0n) is 21.0. The molecule has 3 aromatic rings. The first-order chi connectivity index (χ1) is 17.4. The van der Waals surface area contributed by atoms with E-state index in [1.807, 2.05) is 17.0 Å². The van der Waals surface area contributed by atoms with Gasteiger partial charge >= 0.3 is 0 Å². The highest BCUT2D eigenvalue weighted by Crippen LogP contribution is 2.38. The lowest BCUT2D eigenvalue weighted by atomic mass is 10.1. The van der Waals surface area contributed by atoms with E-state index in [2.05, 4.69) is 28.6 Å². The zero-order chi connectivity index (χ0) is 25.4. The Morgan fingerprint density at radius 2 is 1.89 bits per heavy atom. The molecule has 8 heteroatoms. The number of β-amino-alcohol motifs (C(OH)–C–C–N with tert-alkyl or cyclic N) is 1. The second-order valence-corrected chi connectivity index (χ2v) is 10.5. The van der Waals surface area contributed by atoms with Crippen LogP contribution in [0, 0.1) is 25.6 Å². The van der Waals surface area contributed by atoms with E-state index in [0.717, 1.165) is 41.8 Å². The quantitative estimate of drug-likeness (QED) is 0.454. The van der Waals surface area contributed by atoms with Crippen LogP contribution in [0.2, 0.25) is 5.02 Å². The number of hydrogen-bond acceptors (Lipinski definition) is 4. The molecule has 2 aliphatic rings. The van der Waals surface area contributed by atoms with Gasteiger partial charge in [0.2, 0.25) is 0 Å². The predicted octanol–water partition coefficient (Wildman–Crippen LogP) is 4.82. The molecule has 1 saturated carbocycles. The molecular weight excluding hydrogens is 479 g/mol. The van der Waals surface area contributed by atoms with Crippen molar-refractivity contribution < 1.29 is 14.3 Å². The normalized spacial score (nSPS) is 16.6. The van der Waals surface area contributed by atoms with Crippen LogP contribution in [0.4, 0.5) is 10.1 Å². The third kappa shape index (κ3) is 5.10. The highest BCUT2D eigenvalue weighted by atomic mass is 35.5. The molecular formula is C28H34ClFN4O2. The van der Waals surface area contributed by atoms with Gasteiger partial charge in [-0.1, -0.05) is 17.7 Å². The summed E-state index contributed by atoms with van der Waals surface area (Å²) in [4.78, 5) is 17.7. The Morgan fingerprint density at radius 3 is 2.56 bits per heavy atom.